The molecule has 114 valence electrons. The number of nitrogens with zero attached hydrogens (tertiary/aromatic N) is 3. The van der Waals surface area contributed by atoms with Gasteiger partial charge in [-0.25, -0.2) is 0 Å². The minimum Gasteiger partial charge on any atom is -0.298 e. The van der Waals surface area contributed by atoms with Crippen molar-refractivity contribution in [3.63, 3.8) is 0 Å². The van der Waals surface area contributed by atoms with Gasteiger partial charge in [0, 0.05) is 11.1 Å². The topological polar surface area (TPSA) is 67.9 Å². The normalized spacial score (nSPS) is 17.3. The summed E-state index contributed by atoms with van der Waals surface area (Å²) in [5, 5.41) is 18.5. The molecule has 0 radical (unpaired) electrons. The molecule has 0 spiro atoms. The fraction of sp³-hybridized carbons (Fsp3) is 0.316. The van der Waals surface area contributed by atoms with E-state index >= 15 is 0 Å². The number of anilines is 1. The zero-order valence-corrected chi connectivity index (χ0v) is 13.7. The summed E-state index contributed by atoms with van der Waals surface area (Å²) in [6.45, 7) is 8.02. The van der Waals surface area contributed by atoms with Crippen LogP contribution in [-0.4, -0.2) is 11.4 Å². The number of carbonyl (C=O) groups is 1. The van der Waals surface area contributed by atoms with Crippen molar-refractivity contribution in [2.45, 2.75) is 39.7 Å². The fourth-order valence-electron chi connectivity index (χ4n) is 3.56. The number of nitriles is 2. The molecule has 3 rings (SSSR count). The van der Waals surface area contributed by atoms with E-state index in [-0.39, 0.29) is 17.1 Å². The lowest BCUT2D eigenvalue weighted by atomic mass is 9.87. The Bertz CT molecular complexity index is 872. The molecule has 4 nitrogen and oxygen atoms in total. The van der Waals surface area contributed by atoms with Crippen LogP contribution >= 0.6 is 0 Å². The third kappa shape index (κ3) is 1.92. The summed E-state index contributed by atoms with van der Waals surface area (Å²) in [4.78, 5) is 14.7. The SMILES string of the molecule is CCc1cc2c3c(c1)C(=C(C#N)C#N)C(=O)N3C(C)(C)C=C2C. The average Bonchev–Trinajstić information content (AvgIpc) is 2.80. The number of carbonyl (C=O) groups excluding carboxylic acids is 1. The highest BCUT2D eigenvalue weighted by molar-refractivity contribution is 6.36. The second-order valence-electron chi connectivity index (χ2n) is 6.49. The van der Waals surface area contributed by atoms with Gasteiger partial charge in [-0.05, 0) is 50.5 Å². The van der Waals surface area contributed by atoms with Crippen molar-refractivity contribution in [2.24, 2.45) is 0 Å². The average molecular weight is 303 g/mol. The van der Waals surface area contributed by atoms with Crippen LogP contribution in [0.2, 0.25) is 0 Å². The Morgan fingerprint density at radius 3 is 2.39 bits per heavy atom. The summed E-state index contributed by atoms with van der Waals surface area (Å²) in [5.74, 6) is -0.263. The van der Waals surface area contributed by atoms with E-state index in [1.54, 1.807) is 4.90 Å². The van der Waals surface area contributed by atoms with E-state index in [1.165, 1.54) is 0 Å². The third-order valence-corrected chi connectivity index (χ3v) is 4.53. The van der Waals surface area contributed by atoms with Crippen LogP contribution in [0.3, 0.4) is 0 Å². The lowest BCUT2D eigenvalue weighted by molar-refractivity contribution is -0.113. The van der Waals surface area contributed by atoms with Gasteiger partial charge in [-0.1, -0.05) is 13.0 Å². The first-order chi connectivity index (χ1) is 10.9. The van der Waals surface area contributed by atoms with E-state index in [2.05, 4.69) is 12.1 Å². The van der Waals surface area contributed by atoms with Crippen LogP contribution < -0.4 is 4.90 Å². The largest absolute Gasteiger partial charge is 0.298 e. The van der Waals surface area contributed by atoms with E-state index in [9.17, 15) is 15.3 Å². The molecular weight excluding hydrogens is 286 g/mol. The van der Waals surface area contributed by atoms with Gasteiger partial charge in [0.05, 0.1) is 16.8 Å². The van der Waals surface area contributed by atoms with Crippen molar-refractivity contribution in [3.8, 4) is 12.1 Å². The minimum atomic E-state index is -0.492. The number of amides is 1. The van der Waals surface area contributed by atoms with Gasteiger partial charge in [-0.2, -0.15) is 10.5 Å². The van der Waals surface area contributed by atoms with Crippen LogP contribution in [0.1, 0.15) is 44.4 Å². The molecule has 2 heterocycles. The number of aryl methyl sites for hydroxylation is 1. The Labute approximate surface area is 135 Å². The molecule has 0 bridgehead atoms. The molecule has 23 heavy (non-hydrogen) atoms. The Kier molecular flexibility index (Phi) is 3.16. The van der Waals surface area contributed by atoms with Gasteiger partial charge in [-0.15, -0.1) is 0 Å². The van der Waals surface area contributed by atoms with Crippen molar-refractivity contribution >= 4 is 22.7 Å². The summed E-state index contributed by atoms with van der Waals surface area (Å²) in [6, 6.07) is 7.80. The van der Waals surface area contributed by atoms with Crippen molar-refractivity contribution < 1.29 is 4.79 Å². The molecule has 0 N–H and O–H groups in total. The highest BCUT2D eigenvalue weighted by Gasteiger charge is 2.45. The molecule has 1 aromatic carbocycles. The maximum Gasteiger partial charge on any atom is 0.261 e. The summed E-state index contributed by atoms with van der Waals surface area (Å²) < 4.78 is 0. The van der Waals surface area contributed by atoms with E-state index in [4.69, 9.17) is 0 Å². The second-order valence-corrected chi connectivity index (χ2v) is 6.49. The first kappa shape index (κ1) is 15.1. The van der Waals surface area contributed by atoms with Crippen molar-refractivity contribution in [2.75, 3.05) is 4.90 Å². The second kappa shape index (κ2) is 4.83. The van der Waals surface area contributed by atoms with Crippen LogP contribution in [0.15, 0.2) is 23.8 Å². The summed E-state index contributed by atoms with van der Waals surface area (Å²) in [7, 11) is 0. The lowest BCUT2D eigenvalue weighted by Crippen LogP contribution is -2.46. The zero-order valence-electron chi connectivity index (χ0n) is 13.7. The van der Waals surface area contributed by atoms with Gasteiger partial charge in [-0.3, -0.25) is 9.69 Å². The van der Waals surface area contributed by atoms with Gasteiger partial charge < -0.3 is 0 Å². The lowest BCUT2D eigenvalue weighted by Gasteiger charge is -2.38. The molecule has 1 amide bonds. The molecule has 4 heteroatoms. The summed E-state index contributed by atoms with van der Waals surface area (Å²) in [5.41, 5.74) is 4.38. The van der Waals surface area contributed by atoms with Crippen LogP contribution in [0.4, 0.5) is 5.69 Å². The number of rotatable bonds is 1. The number of benzene rings is 1. The predicted molar refractivity (Wildman–Crippen MR) is 89.2 cm³/mol. The predicted octanol–water partition coefficient (Wildman–Crippen LogP) is 3.59. The molecule has 0 aliphatic carbocycles. The summed E-state index contributed by atoms with van der Waals surface area (Å²) in [6.07, 6.45) is 2.89. The Hall–Kier alpha value is -2.85. The number of hydrogen-bond donors (Lipinski definition) is 0. The summed E-state index contributed by atoms with van der Waals surface area (Å²) >= 11 is 0. The van der Waals surface area contributed by atoms with Crippen LogP contribution in [-0.2, 0) is 11.2 Å². The highest BCUT2D eigenvalue weighted by atomic mass is 16.2. The molecule has 0 atom stereocenters. The fourth-order valence-corrected chi connectivity index (χ4v) is 3.56. The zero-order chi connectivity index (χ0) is 16.9. The first-order valence-electron chi connectivity index (χ1n) is 7.61. The smallest absolute Gasteiger partial charge is 0.261 e. The molecule has 0 unspecified atom stereocenters. The molecule has 0 fully saturated rings. The maximum absolute atomic E-state index is 13.0. The third-order valence-electron chi connectivity index (χ3n) is 4.53. The van der Waals surface area contributed by atoms with Crippen molar-refractivity contribution in [3.05, 3.63) is 40.5 Å². The van der Waals surface area contributed by atoms with Gasteiger partial charge in [0.15, 0.2) is 0 Å². The first-order valence-corrected chi connectivity index (χ1v) is 7.61. The van der Waals surface area contributed by atoms with Gasteiger partial charge in [0.1, 0.15) is 17.7 Å². The quantitative estimate of drug-likeness (QED) is 0.588. The molecule has 0 saturated carbocycles. The maximum atomic E-state index is 13.0. The minimum absolute atomic E-state index is 0.117. The Morgan fingerprint density at radius 2 is 1.83 bits per heavy atom. The van der Waals surface area contributed by atoms with Crippen LogP contribution in [0.25, 0.3) is 11.1 Å². The highest BCUT2D eigenvalue weighted by Crippen LogP contribution is 2.50. The molecule has 1 aromatic rings. The molecule has 0 aromatic heterocycles. The number of hydrogen-bond acceptors (Lipinski definition) is 3. The Morgan fingerprint density at radius 1 is 1.22 bits per heavy atom. The van der Waals surface area contributed by atoms with Crippen molar-refractivity contribution in [1.29, 1.82) is 10.5 Å². The standard InChI is InChI=1S/C19H17N3O/c1-5-12-6-14-11(2)8-19(3,4)22-17(14)15(7-12)16(18(22)23)13(9-20)10-21/h6-8H,5H2,1-4H3. The molecule has 2 aliphatic heterocycles. The van der Waals surface area contributed by atoms with E-state index in [0.29, 0.717) is 5.56 Å². The monoisotopic (exact) mass is 303 g/mol. The molecule has 2 aliphatic rings. The van der Waals surface area contributed by atoms with Crippen LogP contribution in [0.5, 0.6) is 0 Å². The van der Waals surface area contributed by atoms with Crippen molar-refractivity contribution in [1.82, 2.24) is 0 Å². The van der Waals surface area contributed by atoms with Crippen LogP contribution in [0, 0.1) is 22.7 Å². The van der Waals surface area contributed by atoms with Gasteiger partial charge in [0.25, 0.3) is 5.91 Å². The Balaban J connectivity index is 2.47. The number of allylic oxidation sites excluding steroid dienone is 2. The molecule has 0 saturated heterocycles. The molecular formula is C19H17N3O. The van der Waals surface area contributed by atoms with Gasteiger partial charge in [0.2, 0.25) is 0 Å². The van der Waals surface area contributed by atoms with E-state index in [0.717, 1.165) is 28.8 Å². The van der Waals surface area contributed by atoms with E-state index in [1.807, 2.05) is 45.9 Å². The van der Waals surface area contributed by atoms with E-state index < -0.39 is 5.54 Å². The van der Waals surface area contributed by atoms with Gasteiger partial charge >= 0.3 is 0 Å².